The fourth-order valence-electron chi connectivity index (χ4n) is 0. The van der Waals surface area contributed by atoms with Crippen LogP contribution in [0, 0.1) is 0 Å². The molecule has 0 bridgehead atoms. The van der Waals surface area contributed by atoms with Crippen LogP contribution in [-0.4, -0.2) is 45.6 Å². The van der Waals surface area contributed by atoms with Crippen LogP contribution < -0.4 is 29.6 Å². The van der Waals surface area contributed by atoms with Gasteiger partial charge in [0.25, 0.3) is 0 Å². The second-order valence-electron chi connectivity index (χ2n) is 0.600. The molecule has 0 unspecified atom stereocenters. The summed E-state index contributed by atoms with van der Waals surface area (Å²) >= 11 is 0. The zero-order valence-corrected chi connectivity index (χ0v) is 9.96. The molecule has 0 radical (unpaired) electrons. The molecule has 0 aliphatic rings. The predicted octanol–water partition coefficient (Wildman–Crippen LogP) is -6.68. The van der Waals surface area contributed by atoms with Gasteiger partial charge in [-0.3, -0.25) is 0 Å². The summed E-state index contributed by atoms with van der Waals surface area (Å²) in [4.78, 5) is 29.3. The molecule has 4 nitrogen and oxygen atoms in total. The van der Waals surface area contributed by atoms with Crippen LogP contribution in [0.15, 0.2) is 0 Å². The van der Waals surface area contributed by atoms with Crippen molar-refractivity contribution < 1.29 is 69.6 Å². The van der Waals surface area contributed by atoms with E-state index in [4.69, 9.17) is 19.2 Å². The van der Waals surface area contributed by atoms with Gasteiger partial charge >= 0.3 is 38.6 Å². The van der Waals surface area contributed by atoms with Crippen molar-refractivity contribution in [2.24, 2.45) is 0 Å². The molecule has 0 fully saturated rings. The van der Waals surface area contributed by atoms with Crippen LogP contribution >= 0.6 is 0 Å². The van der Waals surface area contributed by atoms with Gasteiger partial charge in [-0.25, -0.2) is 0 Å². The topological polar surface area (TPSA) is 80.9 Å². The molecule has 0 rings (SSSR count). The van der Waals surface area contributed by atoms with Gasteiger partial charge < -0.3 is 20.6 Å². The first-order valence-electron chi connectivity index (χ1n) is 0.894. The van der Waals surface area contributed by atoms with E-state index in [-0.39, 0.29) is 67.8 Å². The van der Waals surface area contributed by atoms with E-state index >= 15 is 0 Å². The smallest absolute Gasteiger partial charge is 1.00 e. The molecule has 42 valence electrons. The average Bonchev–Trinajstić information content (AvgIpc) is 0.722. The summed E-state index contributed by atoms with van der Waals surface area (Å²) in [5.41, 5.74) is 0. The molecule has 0 atom stereocenters. The van der Waals surface area contributed by atoms with Crippen molar-refractivity contribution in [2.75, 3.05) is 0 Å². The maximum Gasteiger partial charge on any atom is 1.00 e. The van der Waals surface area contributed by atoms with E-state index in [1.165, 1.54) is 0 Å². The van der Waals surface area contributed by atoms with E-state index in [1.54, 1.807) is 0 Å². The molecule has 0 heterocycles. The summed E-state index contributed by atoms with van der Waals surface area (Å²) in [6.07, 6.45) is 0. The van der Waals surface area contributed by atoms with Crippen molar-refractivity contribution in [3.8, 4) is 0 Å². The summed E-state index contributed by atoms with van der Waals surface area (Å²) in [5, 5.41) is 0. The Kier molecular flexibility index (Phi) is 25.9. The second kappa shape index (κ2) is 9.21. The molecule has 0 amide bonds. The quantitative estimate of drug-likeness (QED) is 0.303. The summed E-state index contributed by atoms with van der Waals surface area (Å²) in [6, 6.07) is 0. The van der Waals surface area contributed by atoms with Gasteiger partial charge in [-0.1, -0.05) is 0 Å². The minimum atomic E-state index is -4.61. The SMILES string of the molecule is O[Si](O)(O)O.[AlH3].[H-].[Na+].[Zn]. The third kappa shape index (κ3) is 87.3. The van der Waals surface area contributed by atoms with Crippen molar-refractivity contribution in [1.82, 2.24) is 0 Å². The molecule has 0 spiro atoms. The Hall–Kier alpha value is 2.21. The molecule has 0 aliphatic carbocycles. The summed E-state index contributed by atoms with van der Waals surface area (Å²) in [5.74, 6) is 0. The molecule has 0 aromatic heterocycles. The zero-order chi connectivity index (χ0) is 4.50. The Morgan fingerprint density at radius 3 is 1.00 bits per heavy atom. The van der Waals surface area contributed by atoms with Crippen LogP contribution in [0.3, 0.4) is 0 Å². The van der Waals surface area contributed by atoms with E-state index in [9.17, 15) is 0 Å². The van der Waals surface area contributed by atoms with E-state index in [0.717, 1.165) is 0 Å². The molecule has 0 aliphatic heterocycles. The largest absolute Gasteiger partial charge is 1.00 e. The van der Waals surface area contributed by atoms with Crippen LogP contribution in [0.4, 0.5) is 0 Å². The van der Waals surface area contributed by atoms with Crippen molar-refractivity contribution in [1.29, 1.82) is 0 Å². The Balaban J connectivity index is -0.0000000133. The van der Waals surface area contributed by atoms with Gasteiger partial charge in [0.15, 0.2) is 17.4 Å². The van der Waals surface area contributed by atoms with Crippen molar-refractivity contribution in [3.63, 3.8) is 0 Å². The van der Waals surface area contributed by atoms with Gasteiger partial charge in [-0.2, -0.15) is 0 Å². The van der Waals surface area contributed by atoms with Gasteiger partial charge in [-0.15, -0.1) is 0 Å². The van der Waals surface area contributed by atoms with Crippen molar-refractivity contribution in [2.45, 2.75) is 0 Å². The van der Waals surface area contributed by atoms with E-state index in [2.05, 4.69) is 0 Å². The van der Waals surface area contributed by atoms with E-state index < -0.39 is 9.05 Å². The van der Waals surface area contributed by atoms with Gasteiger partial charge in [0.05, 0.1) is 0 Å². The Morgan fingerprint density at radius 1 is 1.00 bits per heavy atom. The van der Waals surface area contributed by atoms with Gasteiger partial charge in [0, 0.05) is 19.5 Å². The molecule has 4 N–H and O–H groups in total. The Bertz CT molecular complexity index is 36.0. The number of hydrogen-bond acceptors (Lipinski definition) is 4. The van der Waals surface area contributed by atoms with Crippen LogP contribution in [0.1, 0.15) is 1.43 Å². The van der Waals surface area contributed by atoms with Crippen LogP contribution in [0.5, 0.6) is 0 Å². The van der Waals surface area contributed by atoms with Gasteiger partial charge in [0.1, 0.15) is 0 Å². The maximum absolute atomic E-state index is 7.33. The Morgan fingerprint density at radius 2 is 1.00 bits per heavy atom. The first kappa shape index (κ1) is 22.5. The monoisotopic (exact) mass is 214 g/mol. The van der Waals surface area contributed by atoms with E-state index in [0.29, 0.717) is 0 Å². The first-order valence-corrected chi connectivity index (χ1v) is 2.68. The second-order valence-corrected chi connectivity index (χ2v) is 1.80. The van der Waals surface area contributed by atoms with Crippen LogP contribution in [0.25, 0.3) is 0 Å². The molecular weight excluding hydrogens is 207 g/mol. The molecule has 8 heteroatoms. The predicted molar refractivity (Wildman–Crippen MR) is 25.7 cm³/mol. The minimum absolute atomic E-state index is 0. The Labute approximate surface area is 95.1 Å². The van der Waals surface area contributed by atoms with Crippen molar-refractivity contribution >= 4 is 26.4 Å². The van der Waals surface area contributed by atoms with Gasteiger partial charge in [0.2, 0.25) is 0 Å². The molecule has 0 saturated carbocycles. The normalized spacial score (nSPS) is 7.50. The van der Waals surface area contributed by atoms with Gasteiger partial charge in [-0.05, 0) is 0 Å². The number of hydrogen-bond donors (Lipinski definition) is 4. The van der Waals surface area contributed by atoms with E-state index in [1.807, 2.05) is 0 Å². The molecule has 0 aromatic carbocycles. The minimum Gasteiger partial charge on any atom is -1.00 e. The third-order valence-corrected chi connectivity index (χ3v) is 0. The standard InChI is InChI=1S/Al.Na.H4O4Si.Zn.4H/c;;1-5(2,3)4;;;;;/h;;1-4H;;;;;/q;+1;;;;;;-1. The summed E-state index contributed by atoms with van der Waals surface area (Å²) in [6.45, 7) is 0. The molecule has 0 saturated heterocycles. The fraction of sp³-hybridized carbons (Fsp3) is 0. The van der Waals surface area contributed by atoms with Crippen LogP contribution in [-0.2, 0) is 19.5 Å². The number of rotatable bonds is 0. The first-order chi connectivity index (χ1) is 2.00. The summed E-state index contributed by atoms with van der Waals surface area (Å²) < 4.78 is 0. The maximum atomic E-state index is 7.33. The molecule has 0 aromatic rings. The zero-order valence-electron chi connectivity index (χ0n) is 5.00. The summed E-state index contributed by atoms with van der Waals surface area (Å²) in [7, 11) is -4.61. The third-order valence-electron chi connectivity index (χ3n) is 0. The molecule has 8 heavy (non-hydrogen) atoms. The average molecular weight is 216 g/mol. The fourth-order valence-corrected chi connectivity index (χ4v) is 0. The molecular formula is H8AlNaO4SiZn. The van der Waals surface area contributed by atoms with Crippen molar-refractivity contribution in [3.05, 3.63) is 0 Å². The van der Waals surface area contributed by atoms with Crippen LogP contribution in [0.2, 0.25) is 0 Å².